The number of hydrogen-bond donors (Lipinski definition) is 2. The molecule has 1 aromatic rings. The Morgan fingerprint density at radius 3 is 2.50 bits per heavy atom. The fraction of sp³-hybridized carbons (Fsp3) is 0.294. The minimum absolute atomic E-state index is 0.265. The van der Waals surface area contributed by atoms with Gasteiger partial charge in [0.1, 0.15) is 12.3 Å². The Bertz CT molecular complexity index is 682. The number of carbonyl (C=O) groups is 2. The minimum atomic E-state index is -1.26. The van der Waals surface area contributed by atoms with Crippen LogP contribution in [0.25, 0.3) is 6.08 Å². The van der Waals surface area contributed by atoms with Crippen LogP contribution in [0.2, 0.25) is 5.02 Å². The van der Waals surface area contributed by atoms with Crippen LogP contribution in [-0.4, -0.2) is 30.2 Å². The Morgan fingerprint density at radius 1 is 1.33 bits per heavy atom. The van der Waals surface area contributed by atoms with Crippen molar-refractivity contribution in [1.82, 2.24) is 5.32 Å². The van der Waals surface area contributed by atoms with Gasteiger partial charge in [-0.3, -0.25) is 4.79 Å². The lowest BCUT2D eigenvalue weighted by Gasteiger charge is -2.14. The van der Waals surface area contributed by atoms with E-state index < -0.39 is 11.9 Å². The average Bonchev–Trinajstić information content (AvgIpc) is 2.45. The number of rotatable bonds is 8. The molecular formula is C17H20ClNO5. The molecule has 24 heavy (non-hydrogen) atoms. The largest absolute Gasteiger partial charge is 0.490 e. The monoisotopic (exact) mass is 353 g/mol. The molecule has 0 saturated carbocycles. The summed E-state index contributed by atoms with van der Waals surface area (Å²) in [5.41, 5.74) is 1.00. The maximum absolute atomic E-state index is 11.2. The van der Waals surface area contributed by atoms with Crippen LogP contribution in [0.5, 0.6) is 11.5 Å². The molecule has 0 fully saturated rings. The van der Waals surface area contributed by atoms with Crippen molar-refractivity contribution in [1.29, 1.82) is 0 Å². The SMILES string of the molecule is C=C(C)COc1c(Cl)cc(/C=C(/NC(C)=O)C(=O)O)cc1OCC. The van der Waals surface area contributed by atoms with Gasteiger partial charge in [0.2, 0.25) is 5.91 Å². The number of halogens is 1. The van der Waals surface area contributed by atoms with Crippen LogP contribution >= 0.6 is 11.6 Å². The summed E-state index contributed by atoms with van der Waals surface area (Å²) in [7, 11) is 0. The van der Waals surface area contributed by atoms with Crippen molar-refractivity contribution in [3.05, 3.63) is 40.6 Å². The number of amides is 1. The van der Waals surface area contributed by atoms with E-state index in [0.717, 1.165) is 5.57 Å². The van der Waals surface area contributed by atoms with Crippen LogP contribution in [0.15, 0.2) is 30.0 Å². The number of carboxylic acids is 1. The molecule has 0 aliphatic carbocycles. The highest BCUT2D eigenvalue weighted by molar-refractivity contribution is 6.32. The van der Waals surface area contributed by atoms with Gasteiger partial charge >= 0.3 is 5.97 Å². The van der Waals surface area contributed by atoms with Crippen LogP contribution in [0.3, 0.4) is 0 Å². The molecule has 0 saturated heterocycles. The summed E-state index contributed by atoms with van der Waals surface area (Å²) < 4.78 is 11.1. The van der Waals surface area contributed by atoms with Gasteiger partial charge in [-0.05, 0) is 43.2 Å². The summed E-state index contributed by atoms with van der Waals surface area (Å²) in [6.07, 6.45) is 1.29. The zero-order valence-electron chi connectivity index (χ0n) is 13.8. The molecule has 0 spiro atoms. The molecule has 1 amide bonds. The van der Waals surface area contributed by atoms with E-state index in [9.17, 15) is 9.59 Å². The van der Waals surface area contributed by atoms with E-state index in [1.54, 1.807) is 13.0 Å². The first-order valence-electron chi connectivity index (χ1n) is 7.20. The van der Waals surface area contributed by atoms with Crippen LogP contribution < -0.4 is 14.8 Å². The predicted octanol–water partition coefficient (Wildman–Crippen LogP) is 3.26. The summed E-state index contributed by atoms with van der Waals surface area (Å²) in [5, 5.41) is 11.7. The maximum Gasteiger partial charge on any atom is 0.352 e. The number of carboxylic acid groups (broad SMARTS) is 1. The highest BCUT2D eigenvalue weighted by atomic mass is 35.5. The predicted molar refractivity (Wildman–Crippen MR) is 92.4 cm³/mol. The number of ether oxygens (including phenoxy) is 2. The Balaban J connectivity index is 3.28. The van der Waals surface area contributed by atoms with Crippen molar-refractivity contribution < 1.29 is 24.2 Å². The van der Waals surface area contributed by atoms with E-state index in [1.807, 2.05) is 6.92 Å². The number of carbonyl (C=O) groups excluding carboxylic acids is 1. The van der Waals surface area contributed by atoms with Gasteiger partial charge < -0.3 is 19.9 Å². The van der Waals surface area contributed by atoms with Crippen molar-refractivity contribution in [3.8, 4) is 11.5 Å². The molecule has 0 aliphatic heterocycles. The van der Waals surface area contributed by atoms with Crippen LogP contribution in [0.1, 0.15) is 26.3 Å². The first kappa shape index (κ1) is 19.6. The van der Waals surface area contributed by atoms with E-state index in [-0.39, 0.29) is 17.3 Å². The lowest BCUT2D eigenvalue weighted by molar-refractivity contribution is -0.134. The van der Waals surface area contributed by atoms with E-state index in [2.05, 4.69) is 11.9 Å². The third-order valence-corrected chi connectivity index (χ3v) is 2.93. The third kappa shape index (κ3) is 5.96. The summed E-state index contributed by atoms with van der Waals surface area (Å²) in [6.45, 7) is 9.26. The Kier molecular flexibility index (Phi) is 7.32. The molecular weight excluding hydrogens is 334 g/mol. The van der Waals surface area contributed by atoms with Gasteiger partial charge in [-0.2, -0.15) is 0 Å². The van der Waals surface area contributed by atoms with E-state index in [0.29, 0.717) is 23.7 Å². The maximum atomic E-state index is 11.2. The zero-order valence-corrected chi connectivity index (χ0v) is 14.6. The molecule has 7 heteroatoms. The van der Waals surface area contributed by atoms with Crippen molar-refractivity contribution in [2.75, 3.05) is 13.2 Å². The van der Waals surface area contributed by atoms with E-state index in [1.165, 1.54) is 19.1 Å². The smallest absolute Gasteiger partial charge is 0.352 e. The van der Waals surface area contributed by atoms with Gasteiger partial charge in [0.25, 0.3) is 0 Å². The van der Waals surface area contributed by atoms with Crippen molar-refractivity contribution in [3.63, 3.8) is 0 Å². The molecule has 0 radical (unpaired) electrons. The van der Waals surface area contributed by atoms with Crippen LogP contribution in [0.4, 0.5) is 0 Å². The zero-order chi connectivity index (χ0) is 18.3. The molecule has 1 rings (SSSR count). The Labute approximate surface area is 145 Å². The van der Waals surface area contributed by atoms with Crippen LogP contribution in [-0.2, 0) is 9.59 Å². The molecule has 0 atom stereocenters. The minimum Gasteiger partial charge on any atom is -0.490 e. The van der Waals surface area contributed by atoms with Gasteiger partial charge in [-0.15, -0.1) is 0 Å². The molecule has 0 unspecified atom stereocenters. The van der Waals surface area contributed by atoms with Crippen molar-refractivity contribution >= 4 is 29.6 Å². The molecule has 6 nitrogen and oxygen atoms in total. The summed E-state index contributed by atoms with van der Waals surface area (Å²) in [6, 6.07) is 3.12. The average molecular weight is 354 g/mol. The number of aliphatic carboxylic acids is 1. The quantitative estimate of drug-likeness (QED) is 0.553. The lowest BCUT2D eigenvalue weighted by Crippen LogP contribution is -2.24. The third-order valence-electron chi connectivity index (χ3n) is 2.65. The lowest BCUT2D eigenvalue weighted by atomic mass is 10.1. The van der Waals surface area contributed by atoms with Crippen molar-refractivity contribution in [2.24, 2.45) is 0 Å². The normalized spacial score (nSPS) is 10.9. The topological polar surface area (TPSA) is 84.9 Å². The molecule has 1 aromatic carbocycles. The fourth-order valence-corrected chi connectivity index (χ4v) is 2.05. The number of hydrogen-bond acceptors (Lipinski definition) is 4. The molecule has 0 heterocycles. The molecule has 0 aliphatic rings. The molecule has 0 bridgehead atoms. The first-order valence-corrected chi connectivity index (χ1v) is 7.58. The highest BCUT2D eigenvalue weighted by Crippen LogP contribution is 2.37. The van der Waals surface area contributed by atoms with Crippen molar-refractivity contribution in [2.45, 2.75) is 20.8 Å². The summed E-state index contributed by atoms with van der Waals surface area (Å²) in [4.78, 5) is 22.3. The van der Waals surface area contributed by atoms with Gasteiger partial charge in [0.15, 0.2) is 11.5 Å². The molecule has 130 valence electrons. The second-order valence-corrected chi connectivity index (χ2v) is 5.46. The summed E-state index contributed by atoms with van der Waals surface area (Å²) >= 11 is 6.22. The standard InChI is InChI=1S/C17H20ClNO5/c1-5-23-15-8-12(7-14(17(21)22)19-11(4)20)6-13(18)16(15)24-9-10(2)3/h6-8H,2,5,9H2,1,3-4H3,(H,19,20)(H,21,22)/b14-7+. The number of nitrogens with one attached hydrogen (secondary N) is 1. The van der Waals surface area contributed by atoms with Crippen LogP contribution in [0, 0.1) is 0 Å². The molecule has 0 aromatic heterocycles. The van der Waals surface area contributed by atoms with Gasteiger partial charge in [-0.25, -0.2) is 4.79 Å². The Morgan fingerprint density at radius 2 is 2.00 bits per heavy atom. The molecule has 2 N–H and O–H groups in total. The first-order chi connectivity index (χ1) is 11.2. The number of benzene rings is 1. The van der Waals surface area contributed by atoms with E-state index in [4.69, 9.17) is 26.2 Å². The van der Waals surface area contributed by atoms with Gasteiger partial charge in [-0.1, -0.05) is 18.2 Å². The highest BCUT2D eigenvalue weighted by Gasteiger charge is 2.14. The van der Waals surface area contributed by atoms with Gasteiger partial charge in [0, 0.05) is 6.92 Å². The van der Waals surface area contributed by atoms with E-state index >= 15 is 0 Å². The van der Waals surface area contributed by atoms with Gasteiger partial charge in [0.05, 0.1) is 11.6 Å². The fourth-order valence-electron chi connectivity index (χ4n) is 1.78. The second kappa shape index (κ2) is 8.98. The summed E-state index contributed by atoms with van der Waals surface area (Å²) in [5.74, 6) is -1.01. The second-order valence-electron chi connectivity index (χ2n) is 5.05. The Hall–Kier alpha value is -2.47.